The quantitative estimate of drug-likeness (QED) is 0.718. The number of halogens is 1. The van der Waals surface area contributed by atoms with E-state index in [4.69, 9.17) is 11.6 Å². The first-order chi connectivity index (χ1) is 13.2. The molecule has 0 aliphatic carbocycles. The van der Waals surface area contributed by atoms with E-state index in [1.165, 1.54) is 6.33 Å². The van der Waals surface area contributed by atoms with Crippen molar-refractivity contribution in [2.75, 3.05) is 25.0 Å². The molecule has 1 N–H and O–H groups in total. The van der Waals surface area contributed by atoms with Gasteiger partial charge in [-0.15, -0.1) is 0 Å². The van der Waals surface area contributed by atoms with E-state index in [0.29, 0.717) is 23.3 Å². The summed E-state index contributed by atoms with van der Waals surface area (Å²) in [5, 5.41) is 11.8. The maximum Gasteiger partial charge on any atom is 0.238 e. The van der Waals surface area contributed by atoms with Crippen molar-refractivity contribution in [3.05, 3.63) is 48.5 Å². The molecule has 9 nitrogen and oxygen atoms in total. The maximum absolute atomic E-state index is 12.6. The molecule has 0 saturated carbocycles. The number of benzene rings is 1. The molecule has 3 heterocycles. The zero-order valence-electron chi connectivity index (χ0n) is 14.6. The molecule has 0 radical (unpaired) electrons. The van der Waals surface area contributed by atoms with Crippen molar-refractivity contribution in [2.24, 2.45) is 0 Å². The fraction of sp³-hybridized carbons (Fsp3) is 0.353. The molecule has 4 rings (SSSR count). The van der Waals surface area contributed by atoms with Crippen molar-refractivity contribution in [2.45, 2.75) is 18.9 Å². The molecule has 1 saturated heterocycles. The summed E-state index contributed by atoms with van der Waals surface area (Å²) in [5.74, 6) is -0.0853. The highest BCUT2D eigenvalue weighted by atomic mass is 35.5. The van der Waals surface area contributed by atoms with Gasteiger partial charge in [-0.3, -0.25) is 9.69 Å². The van der Waals surface area contributed by atoms with Gasteiger partial charge in [0.2, 0.25) is 5.91 Å². The van der Waals surface area contributed by atoms with Crippen LogP contribution in [0, 0.1) is 0 Å². The van der Waals surface area contributed by atoms with Crippen LogP contribution in [-0.2, 0) is 4.79 Å². The molecule has 0 atom stereocenters. The van der Waals surface area contributed by atoms with Crippen molar-refractivity contribution in [3.8, 4) is 5.69 Å². The standard InChI is InChI=1S/C17H19ClN8O/c18-13-1-2-16(26-12-20-10-22-26)15(7-13)23-17(27)8-24-5-3-14(4-6-24)25-11-19-9-21-25/h1-2,7,9-12,14H,3-6,8H2,(H,23,27). The molecule has 140 valence electrons. The summed E-state index contributed by atoms with van der Waals surface area (Å²) < 4.78 is 3.49. The molecule has 1 amide bonds. The second-order valence-electron chi connectivity index (χ2n) is 6.43. The van der Waals surface area contributed by atoms with Gasteiger partial charge in [-0.05, 0) is 31.0 Å². The van der Waals surface area contributed by atoms with Crippen LogP contribution in [0.25, 0.3) is 5.69 Å². The third-order valence-corrected chi connectivity index (χ3v) is 4.87. The van der Waals surface area contributed by atoms with Crippen LogP contribution in [0.5, 0.6) is 0 Å². The maximum atomic E-state index is 12.6. The van der Waals surface area contributed by atoms with Crippen LogP contribution in [0.3, 0.4) is 0 Å². The highest BCUT2D eigenvalue weighted by Gasteiger charge is 2.22. The molecule has 1 aliphatic rings. The number of aromatic nitrogens is 6. The van der Waals surface area contributed by atoms with Gasteiger partial charge in [0, 0.05) is 18.1 Å². The Morgan fingerprint density at radius 2 is 1.93 bits per heavy atom. The highest BCUT2D eigenvalue weighted by molar-refractivity contribution is 6.31. The lowest BCUT2D eigenvalue weighted by Crippen LogP contribution is -2.39. The van der Waals surface area contributed by atoms with Crippen LogP contribution in [0.2, 0.25) is 5.02 Å². The summed E-state index contributed by atoms with van der Waals surface area (Å²) in [6, 6.07) is 5.62. The largest absolute Gasteiger partial charge is 0.323 e. The van der Waals surface area contributed by atoms with Crippen LogP contribution >= 0.6 is 11.6 Å². The van der Waals surface area contributed by atoms with Crippen LogP contribution in [0.15, 0.2) is 43.5 Å². The average molecular weight is 387 g/mol. The summed E-state index contributed by atoms with van der Waals surface area (Å²) in [5.41, 5.74) is 1.32. The van der Waals surface area contributed by atoms with Gasteiger partial charge in [0.25, 0.3) is 0 Å². The average Bonchev–Trinajstić information content (AvgIpc) is 3.37. The van der Waals surface area contributed by atoms with Gasteiger partial charge >= 0.3 is 0 Å². The van der Waals surface area contributed by atoms with Gasteiger partial charge in [0.05, 0.1) is 24.0 Å². The van der Waals surface area contributed by atoms with Crippen molar-refractivity contribution >= 4 is 23.2 Å². The van der Waals surface area contributed by atoms with E-state index >= 15 is 0 Å². The summed E-state index contributed by atoms with van der Waals surface area (Å²) in [7, 11) is 0. The Balaban J connectivity index is 1.37. The molecular formula is C17H19ClN8O. The van der Waals surface area contributed by atoms with Crippen LogP contribution in [-0.4, -0.2) is 60.0 Å². The van der Waals surface area contributed by atoms with Gasteiger partial charge < -0.3 is 5.32 Å². The molecular weight excluding hydrogens is 368 g/mol. The monoisotopic (exact) mass is 386 g/mol. The van der Waals surface area contributed by atoms with E-state index in [1.54, 1.807) is 41.9 Å². The predicted octanol–water partition coefficient (Wildman–Crippen LogP) is 1.79. The Hall–Kier alpha value is -2.78. The summed E-state index contributed by atoms with van der Waals surface area (Å²) in [6.45, 7) is 2.00. The molecule has 3 aromatic rings. The smallest absolute Gasteiger partial charge is 0.238 e. The molecule has 0 bridgehead atoms. The Kier molecular flexibility index (Phi) is 5.12. The Bertz CT molecular complexity index is 888. The zero-order chi connectivity index (χ0) is 18.6. The normalized spacial score (nSPS) is 15.7. The lowest BCUT2D eigenvalue weighted by Gasteiger charge is -2.31. The zero-order valence-corrected chi connectivity index (χ0v) is 15.3. The van der Waals surface area contributed by atoms with E-state index in [1.807, 2.05) is 4.68 Å². The number of likely N-dealkylation sites (tertiary alicyclic amines) is 1. The molecule has 0 unspecified atom stereocenters. The first kappa shape index (κ1) is 17.6. The number of rotatable bonds is 5. The second kappa shape index (κ2) is 7.85. The van der Waals surface area contributed by atoms with Crippen LogP contribution < -0.4 is 5.32 Å². The third kappa shape index (κ3) is 4.15. The predicted molar refractivity (Wildman–Crippen MR) is 99.7 cm³/mol. The third-order valence-electron chi connectivity index (χ3n) is 4.63. The van der Waals surface area contributed by atoms with Crippen LogP contribution in [0.1, 0.15) is 18.9 Å². The van der Waals surface area contributed by atoms with Crippen LogP contribution in [0.4, 0.5) is 5.69 Å². The summed E-state index contributed by atoms with van der Waals surface area (Å²) in [6.07, 6.45) is 8.21. The fourth-order valence-corrected chi connectivity index (χ4v) is 3.45. The van der Waals surface area contributed by atoms with Crippen molar-refractivity contribution in [1.29, 1.82) is 0 Å². The molecule has 1 fully saturated rings. The molecule has 2 aromatic heterocycles. The number of hydrogen-bond donors (Lipinski definition) is 1. The molecule has 0 spiro atoms. The first-order valence-corrected chi connectivity index (χ1v) is 9.08. The SMILES string of the molecule is O=C(CN1CCC(n2cncn2)CC1)Nc1cc(Cl)ccc1-n1cncn1. The van der Waals surface area contributed by atoms with Gasteiger partial charge in [0.15, 0.2) is 0 Å². The summed E-state index contributed by atoms with van der Waals surface area (Å²) >= 11 is 6.10. The topological polar surface area (TPSA) is 93.8 Å². The minimum Gasteiger partial charge on any atom is -0.323 e. The number of nitrogens with one attached hydrogen (secondary N) is 1. The van der Waals surface area contributed by atoms with Crippen molar-refractivity contribution < 1.29 is 4.79 Å². The second-order valence-corrected chi connectivity index (χ2v) is 6.87. The highest BCUT2D eigenvalue weighted by Crippen LogP contribution is 2.24. The van der Waals surface area contributed by atoms with E-state index < -0.39 is 0 Å². The van der Waals surface area contributed by atoms with Crippen molar-refractivity contribution in [3.63, 3.8) is 0 Å². The molecule has 10 heteroatoms. The van der Waals surface area contributed by atoms with Gasteiger partial charge in [-0.1, -0.05) is 11.6 Å². The number of hydrogen-bond acceptors (Lipinski definition) is 6. The minimum absolute atomic E-state index is 0.0853. The number of piperidine rings is 1. The molecule has 1 aromatic carbocycles. The lowest BCUT2D eigenvalue weighted by atomic mass is 10.1. The number of carbonyl (C=O) groups excluding carboxylic acids is 1. The van der Waals surface area contributed by atoms with Gasteiger partial charge in [0.1, 0.15) is 25.3 Å². The van der Waals surface area contributed by atoms with E-state index in [-0.39, 0.29) is 5.91 Å². The molecule has 27 heavy (non-hydrogen) atoms. The number of carbonyl (C=O) groups is 1. The summed E-state index contributed by atoms with van der Waals surface area (Å²) in [4.78, 5) is 22.6. The first-order valence-electron chi connectivity index (χ1n) is 8.70. The lowest BCUT2D eigenvalue weighted by molar-refractivity contribution is -0.117. The Morgan fingerprint density at radius 3 is 2.63 bits per heavy atom. The van der Waals surface area contributed by atoms with Gasteiger partial charge in [-0.2, -0.15) is 10.2 Å². The van der Waals surface area contributed by atoms with Gasteiger partial charge in [-0.25, -0.2) is 19.3 Å². The number of anilines is 1. The van der Waals surface area contributed by atoms with E-state index in [2.05, 4.69) is 30.4 Å². The minimum atomic E-state index is -0.0853. The molecule has 1 aliphatic heterocycles. The Labute approximate surface area is 161 Å². The van der Waals surface area contributed by atoms with E-state index in [9.17, 15) is 4.79 Å². The fourth-order valence-electron chi connectivity index (χ4n) is 3.28. The number of amides is 1. The van der Waals surface area contributed by atoms with E-state index in [0.717, 1.165) is 31.6 Å². The van der Waals surface area contributed by atoms with Crippen molar-refractivity contribution in [1.82, 2.24) is 34.4 Å². The Morgan fingerprint density at radius 1 is 1.15 bits per heavy atom. The number of nitrogens with zero attached hydrogens (tertiary/aromatic N) is 7.